The lowest BCUT2D eigenvalue weighted by atomic mass is 9.76. The average Bonchev–Trinajstić information content (AvgIpc) is 2.72. The van der Waals surface area contributed by atoms with Crippen LogP contribution in [0.4, 0.5) is 0 Å². The third kappa shape index (κ3) is 1.74. The number of nitrogens with zero attached hydrogens (tertiary/aromatic N) is 3. The van der Waals surface area contributed by atoms with Gasteiger partial charge in [0.1, 0.15) is 0 Å². The van der Waals surface area contributed by atoms with Crippen LogP contribution in [0.2, 0.25) is 0 Å². The van der Waals surface area contributed by atoms with E-state index in [0.29, 0.717) is 6.42 Å². The number of carbonyl (C=O) groups is 1. The summed E-state index contributed by atoms with van der Waals surface area (Å²) >= 11 is 0. The smallest absolute Gasteiger partial charge is 0.165 e. The Morgan fingerprint density at radius 1 is 1.28 bits per heavy atom. The summed E-state index contributed by atoms with van der Waals surface area (Å²) in [5, 5.41) is 7.99. The average molecular weight is 241 g/mol. The minimum Gasteiger partial charge on any atom is -0.303 e. The number of Topliss-reactive ketones (excluding diaryl/α,β-unsaturated/α-hetero) is 1. The fourth-order valence-electron chi connectivity index (χ4n) is 2.58. The Labute approximate surface area is 106 Å². The van der Waals surface area contributed by atoms with Gasteiger partial charge in [-0.2, -0.15) is 5.10 Å². The van der Waals surface area contributed by atoms with E-state index in [4.69, 9.17) is 0 Å². The second-order valence-electron chi connectivity index (χ2n) is 5.57. The van der Waals surface area contributed by atoms with E-state index >= 15 is 0 Å². The van der Waals surface area contributed by atoms with Crippen molar-refractivity contribution in [2.75, 3.05) is 0 Å². The summed E-state index contributed by atoms with van der Waals surface area (Å²) in [5.74, 6) is 0.994. The maximum atomic E-state index is 12.1. The molecular formula is C14H15N3O. The van der Waals surface area contributed by atoms with Crippen LogP contribution in [0.25, 0.3) is 5.82 Å². The highest BCUT2D eigenvalue weighted by Crippen LogP contribution is 2.35. The van der Waals surface area contributed by atoms with Crippen LogP contribution >= 0.6 is 0 Å². The molecule has 0 spiro atoms. The molecule has 18 heavy (non-hydrogen) atoms. The van der Waals surface area contributed by atoms with Gasteiger partial charge in [-0.05, 0) is 30.0 Å². The normalized spacial score (nSPS) is 17.6. The number of aromatic nitrogens is 3. The molecule has 0 N–H and O–H groups in total. The molecule has 1 aliphatic carbocycles. The van der Waals surface area contributed by atoms with Crippen molar-refractivity contribution in [2.24, 2.45) is 5.41 Å². The van der Waals surface area contributed by atoms with Gasteiger partial charge in [-0.1, -0.05) is 13.8 Å². The zero-order valence-electron chi connectivity index (χ0n) is 10.6. The SMILES string of the molecule is CC1(C)CC(=O)c2ccn(-c3cccnn3)c2C1. The summed E-state index contributed by atoms with van der Waals surface area (Å²) in [4.78, 5) is 12.1. The monoisotopic (exact) mass is 241 g/mol. The third-order valence-corrected chi connectivity index (χ3v) is 3.38. The molecule has 0 atom stereocenters. The Morgan fingerprint density at radius 2 is 2.11 bits per heavy atom. The lowest BCUT2D eigenvalue weighted by molar-refractivity contribution is 0.0911. The molecule has 2 heterocycles. The Kier molecular flexibility index (Phi) is 2.33. The molecule has 0 aromatic carbocycles. The molecule has 4 heteroatoms. The van der Waals surface area contributed by atoms with Crippen LogP contribution in [0.1, 0.15) is 36.3 Å². The van der Waals surface area contributed by atoms with Gasteiger partial charge in [0.25, 0.3) is 0 Å². The molecule has 0 amide bonds. The Balaban J connectivity index is 2.13. The molecule has 0 radical (unpaired) electrons. The summed E-state index contributed by atoms with van der Waals surface area (Å²) in [6, 6.07) is 5.64. The van der Waals surface area contributed by atoms with E-state index in [2.05, 4.69) is 24.0 Å². The maximum absolute atomic E-state index is 12.1. The maximum Gasteiger partial charge on any atom is 0.165 e. The third-order valence-electron chi connectivity index (χ3n) is 3.38. The quantitative estimate of drug-likeness (QED) is 0.770. The molecule has 2 aromatic heterocycles. The molecular weight excluding hydrogens is 226 g/mol. The van der Waals surface area contributed by atoms with Crippen LogP contribution in [0.3, 0.4) is 0 Å². The first-order valence-corrected chi connectivity index (χ1v) is 6.08. The number of rotatable bonds is 1. The van der Waals surface area contributed by atoms with Crippen LogP contribution in [-0.2, 0) is 6.42 Å². The predicted molar refractivity (Wildman–Crippen MR) is 67.8 cm³/mol. The molecule has 0 aliphatic heterocycles. The van der Waals surface area contributed by atoms with E-state index in [-0.39, 0.29) is 11.2 Å². The molecule has 2 aromatic rings. The van der Waals surface area contributed by atoms with Gasteiger partial charge in [-0.3, -0.25) is 4.79 Å². The van der Waals surface area contributed by atoms with Crippen LogP contribution in [0.5, 0.6) is 0 Å². The predicted octanol–water partition coefficient (Wildman–Crippen LogP) is 2.42. The molecule has 0 unspecified atom stereocenters. The molecule has 0 bridgehead atoms. The van der Waals surface area contributed by atoms with Crippen molar-refractivity contribution in [2.45, 2.75) is 26.7 Å². The summed E-state index contributed by atoms with van der Waals surface area (Å²) in [7, 11) is 0. The van der Waals surface area contributed by atoms with Gasteiger partial charge < -0.3 is 4.57 Å². The first-order valence-electron chi connectivity index (χ1n) is 6.08. The lowest BCUT2D eigenvalue weighted by Gasteiger charge is -2.29. The van der Waals surface area contributed by atoms with Crippen LogP contribution in [-0.4, -0.2) is 20.5 Å². The molecule has 0 saturated carbocycles. The number of hydrogen-bond acceptors (Lipinski definition) is 3. The first-order chi connectivity index (χ1) is 8.57. The summed E-state index contributed by atoms with van der Waals surface area (Å²) in [6.07, 6.45) is 5.06. The Bertz CT molecular complexity index is 599. The van der Waals surface area contributed by atoms with E-state index in [9.17, 15) is 4.79 Å². The molecule has 1 aliphatic rings. The van der Waals surface area contributed by atoms with Crippen LogP contribution in [0, 0.1) is 5.41 Å². The van der Waals surface area contributed by atoms with E-state index in [0.717, 1.165) is 23.5 Å². The minimum absolute atomic E-state index is 0.0163. The van der Waals surface area contributed by atoms with Gasteiger partial charge in [0.15, 0.2) is 11.6 Å². The molecule has 3 rings (SSSR count). The summed E-state index contributed by atoms with van der Waals surface area (Å²) in [6.45, 7) is 4.25. The van der Waals surface area contributed by atoms with Gasteiger partial charge in [0, 0.05) is 30.1 Å². The number of fused-ring (bicyclic) bond motifs is 1. The Hall–Kier alpha value is -1.97. The van der Waals surface area contributed by atoms with Gasteiger partial charge in [-0.25, -0.2) is 0 Å². The van der Waals surface area contributed by atoms with Crippen molar-refractivity contribution in [1.29, 1.82) is 0 Å². The van der Waals surface area contributed by atoms with Crippen molar-refractivity contribution in [3.05, 3.63) is 41.9 Å². The number of hydrogen-bond donors (Lipinski definition) is 0. The van der Waals surface area contributed by atoms with Crippen molar-refractivity contribution in [3.63, 3.8) is 0 Å². The second kappa shape index (κ2) is 3.77. The highest BCUT2D eigenvalue weighted by atomic mass is 16.1. The van der Waals surface area contributed by atoms with E-state index in [1.165, 1.54) is 0 Å². The van der Waals surface area contributed by atoms with Crippen LogP contribution < -0.4 is 0 Å². The van der Waals surface area contributed by atoms with Crippen molar-refractivity contribution >= 4 is 5.78 Å². The fraction of sp³-hybridized carbons (Fsp3) is 0.357. The summed E-state index contributed by atoms with van der Waals surface area (Å²) < 4.78 is 1.97. The second-order valence-corrected chi connectivity index (χ2v) is 5.57. The number of ketones is 1. The lowest BCUT2D eigenvalue weighted by Crippen LogP contribution is -2.27. The van der Waals surface area contributed by atoms with Crippen molar-refractivity contribution < 1.29 is 4.79 Å². The first kappa shape index (κ1) is 11.1. The van der Waals surface area contributed by atoms with E-state index in [1.807, 2.05) is 29.0 Å². The van der Waals surface area contributed by atoms with E-state index in [1.54, 1.807) is 6.20 Å². The summed E-state index contributed by atoms with van der Waals surface area (Å²) in [5.41, 5.74) is 1.90. The van der Waals surface area contributed by atoms with Gasteiger partial charge in [0.05, 0.1) is 0 Å². The fourth-order valence-corrected chi connectivity index (χ4v) is 2.58. The number of carbonyl (C=O) groups excluding carboxylic acids is 1. The zero-order chi connectivity index (χ0) is 12.8. The highest BCUT2D eigenvalue weighted by Gasteiger charge is 2.33. The van der Waals surface area contributed by atoms with Gasteiger partial charge in [-0.15, -0.1) is 5.10 Å². The highest BCUT2D eigenvalue weighted by molar-refractivity contribution is 5.99. The van der Waals surface area contributed by atoms with Gasteiger partial charge >= 0.3 is 0 Å². The van der Waals surface area contributed by atoms with Gasteiger partial charge in [0.2, 0.25) is 0 Å². The molecule has 0 saturated heterocycles. The van der Waals surface area contributed by atoms with Crippen molar-refractivity contribution in [3.8, 4) is 5.82 Å². The van der Waals surface area contributed by atoms with Crippen LogP contribution in [0.15, 0.2) is 30.6 Å². The molecule has 4 nitrogen and oxygen atoms in total. The largest absolute Gasteiger partial charge is 0.303 e. The standard InChI is InChI=1S/C14H15N3O/c1-14(2)8-11-10(12(18)9-14)5-7-17(11)13-4-3-6-15-16-13/h3-7H,8-9H2,1-2H3. The molecule has 92 valence electrons. The topological polar surface area (TPSA) is 47.8 Å². The van der Waals surface area contributed by atoms with Crippen molar-refractivity contribution in [1.82, 2.24) is 14.8 Å². The molecule has 0 fully saturated rings. The Morgan fingerprint density at radius 3 is 2.83 bits per heavy atom. The minimum atomic E-state index is 0.0163. The zero-order valence-corrected chi connectivity index (χ0v) is 10.6. The van der Waals surface area contributed by atoms with E-state index < -0.39 is 0 Å².